The number of Topliss-reactive ketones (excluding diaryl/α,β-unsaturated/α-hetero) is 1. The molecular formula is C15H24O3. The van der Waals surface area contributed by atoms with E-state index in [0.717, 1.165) is 6.42 Å². The van der Waals surface area contributed by atoms with Gasteiger partial charge in [0.1, 0.15) is 5.78 Å². The SMILES string of the molecule is CC1(C)C[C@@H]2[C@@H]1[C@@H](O)C[C@]1(C)C[C@@]2(O)CCC1=O. The summed E-state index contributed by atoms with van der Waals surface area (Å²) in [5, 5.41) is 21.4. The summed E-state index contributed by atoms with van der Waals surface area (Å²) in [5.74, 6) is 0.554. The summed E-state index contributed by atoms with van der Waals surface area (Å²) in [5.41, 5.74) is -1.14. The fourth-order valence-electron chi connectivity index (χ4n) is 5.11. The minimum Gasteiger partial charge on any atom is -0.393 e. The molecule has 0 aliphatic heterocycles. The lowest BCUT2D eigenvalue weighted by molar-refractivity contribution is -0.181. The monoisotopic (exact) mass is 252 g/mol. The molecular weight excluding hydrogens is 228 g/mol. The molecule has 0 unspecified atom stereocenters. The molecule has 0 amide bonds. The molecule has 5 atom stereocenters. The molecule has 0 saturated heterocycles. The van der Waals surface area contributed by atoms with Crippen molar-refractivity contribution in [2.24, 2.45) is 22.7 Å². The van der Waals surface area contributed by atoms with Crippen molar-refractivity contribution in [1.82, 2.24) is 0 Å². The van der Waals surface area contributed by atoms with Crippen LogP contribution in [0.2, 0.25) is 0 Å². The number of hydrogen-bond donors (Lipinski definition) is 2. The molecule has 0 aromatic heterocycles. The van der Waals surface area contributed by atoms with Crippen LogP contribution in [0, 0.1) is 22.7 Å². The standard InChI is InChI=1S/C15H24O3/c1-13(2)6-9-12(13)10(16)7-14(3)8-15(9,18)5-4-11(14)17/h9-10,12,16,18H,4-8H2,1-3H3/t9-,10+,12-,14-,15+/m1/s1. The molecule has 3 saturated carbocycles. The van der Waals surface area contributed by atoms with E-state index in [1.807, 2.05) is 6.92 Å². The second-order valence-electron chi connectivity index (χ2n) is 7.86. The Balaban J connectivity index is 2.02. The van der Waals surface area contributed by atoms with Gasteiger partial charge in [-0.2, -0.15) is 0 Å². The molecule has 0 aromatic rings. The van der Waals surface area contributed by atoms with Crippen molar-refractivity contribution in [2.45, 2.75) is 64.6 Å². The Kier molecular flexibility index (Phi) is 2.36. The van der Waals surface area contributed by atoms with E-state index in [1.165, 1.54) is 0 Å². The average molecular weight is 252 g/mol. The maximum Gasteiger partial charge on any atom is 0.139 e. The van der Waals surface area contributed by atoms with E-state index >= 15 is 0 Å². The lowest BCUT2D eigenvalue weighted by atomic mass is 9.49. The van der Waals surface area contributed by atoms with Crippen molar-refractivity contribution in [3.05, 3.63) is 0 Å². The molecule has 3 aliphatic rings. The van der Waals surface area contributed by atoms with Crippen LogP contribution in [0.15, 0.2) is 0 Å². The van der Waals surface area contributed by atoms with Gasteiger partial charge in [-0.25, -0.2) is 0 Å². The summed E-state index contributed by atoms with van der Waals surface area (Å²) in [6, 6.07) is 0. The van der Waals surface area contributed by atoms with Gasteiger partial charge in [-0.1, -0.05) is 20.8 Å². The molecule has 0 spiro atoms. The summed E-state index contributed by atoms with van der Waals surface area (Å²) in [4.78, 5) is 12.1. The lowest BCUT2D eigenvalue weighted by Gasteiger charge is -2.58. The summed E-state index contributed by atoms with van der Waals surface area (Å²) >= 11 is 0. The van der Waals surface area contributed by atoms with Gasteiger partial charge in [-0.05, 0) is 42.9 Å². The van der Waals surface area contributed by atoms with Gasteiger partial charge in [0.2, 0.25) is 0 Å². The van der Waals surface area contributed by atoms with Gasteiger partial charge in [0.15, 0.2) is 0 Å². The minimum atomic E-state index is -0.722. The highest BCUT2D eigenvalue weighted by molar-refractivity contribution is 5.85. The summed E-state index contributed by atoms with van der Waals surface area (Å²) in [7, 11) is 0. The zero-order valence-electron chi connectivity index (χ0n) is 11.6. The summed E-state index contributed by atoms with van der Waals surface area (Å²) in [6.45, 7) is 6.26. The van der Waals surface area contributed by atoms with Crippen LogP contribution in [0.3, 0.4) is 0 Å². The van der Waals surface area contributed by atoms with E-state index in [2.05, 4.69) is 13.8 Å². The van der Waals surface area contributed by atoms with Crippen LogP contribution in [0.5, 0.6) is 0 Å². The first-order valence-electron chi connectivity index (χ1n) is 7.12. The molecule has 2 bridgehead atoms. The quantitative estimate of drug-likeness (QED) is 0.692. The Morgan fingerprint density at radius 1 is 1.22 bits per heavy atom. The average Bonchev–Trinajstić information content (AvgIpc) is 2.25. The maximum absolute atomic E-state index is 12.1. The third-order valence-electron chi connectivity index (χ3n) is 6.00. The van der Waals surface area contributed by atoms with E-state index in [1.54, 1.807) is 0 Å². The predicted molar refractivity (Wildman–Crippen MR) is 67.9 cm³/mol. The highest BCUT2D eigenvalue weighted by Crippen LogP contribution is 2.64. The number of carbonyl (C=O) groups excluding carboxylic acids is 1. The largest absolute Gasteiger partial charge is 0.393 e. The second-order valence-corrected chi connectivity index (χ2v) is 7.86. The van der Waals surface area contributed by atoms with Crippen LogP contribution < -0.4 is 0 Å². The second kappa shape index (κ2) is 3.37. The Morgan fingerprint density at radius 2 is 1.89 bits per heavy atom. The van der Waals surface area contributed by atoms with Gasteiger partial charge in [0.25, 0.3) is 0 Å². The zero-order valence-corrected chi connectivity index (χ0v) is 11.6. The van der Waals surface area contributed by atoms with E-state index in [4.69, 9.17) is 0 Å². The van der Waals surface area contributed by atoms with Crippen molar-refractivity contribution < 1.29 is 15.0 Å². The van der Waals surface area contributed by atoms with Gasteiger partial charge in [0, 0.05) is 11.8 Å². The fraction of sp³-hybridized carbons (Fsp3) is 0.933. The van der Waals surface area contributed by atoms with Crippen LogP contribution in [-0.2, 0) is 4.79 Å². The van der Waals surface area contributed by atoms with Crippen LogP contribution in [0.4, 0.5) is 0 Å². The van der Waals surface area contributed by atoms with E-state index in [9.17, 15) is 15.0 Å². The number of hydrogen-bond acceptors (Lipinski definition) is 3. The van der Waals surface area contributed by atoms with Crippen LogP contribution in [-0.4, -0.2) is 27.7 Å². The molecule has 18 heavy (non-hydrogen) atoms. The number of aliphatic hydroxyl groups excluding tert-OH is 1. The predicted octanol–water partition coefficient (Wildman–Crippen LogP) is 1.90. The van der Waals surface area contributed by atoms with E-state index in [-0.39, 0.29) is 23.0 Å². The zero-order chi connectivity index (χ0) is 13.3. The molecule has 3 nitrogen and oxygen atoms in total. The first-order valence-corrected chi connectivity index (χ1v) is 7.12. The van der Waals surface area contributed by atoms with Gasteiger partial charge in [0.05, 0.1) is 11.7 Å². The first-order chi connectivity index (χ1) is 8.18. The van der Waals surface area contributed by atoms with Crippen molar-refractivity contribution >= 4 is 5.78 Å². The van der Waals surface area contributed by atoms with E-state index in [0.29, 0.717) is 25.7 Å². The number of aliphatic hydroxyl groups is 2. The highest BCUT2D eigenvalue weighted by Gasteiger charge is 2.64. The third-order valence-corrected chi connectivity index (χ3v) is 6.00. The van der Waals surface area contributed by atoms with Crippen LogP contribution in [0.25, 0.3) is 0 Å². The van der Waals surface area contributed by atoms with Crippen molar-refractivity contribution in [2.75, 3.05) is 0 Å². The maximum atomic E-state index is 12.1. The molecule has 2 N–H and O–H groups in total. The van der Waals surface area contributed by atoms with Crippen LogP contribution in [0.1, 0.15) is 52.9 Å². The molecule has 3 rings (SSSR count). The summed E-state index contributed by atoms with van der Waals surface area (Å²) < 4.78 is 0. The summed E-state index contributed by atoms with van der Waals surface area (Å²) in [6.07, 6.45) is 2.66. The van der Waals surface area contributed by atoms with Gasteiger partial charge >= 0.3 is 0 Å². The van der Waals surface area contributed by atoms with Crippen LogP contribution >= 0.6 is 0 Å². The van der Waals surface area contributed by atoms with Gasteiger partial charge in [-0.15, -0.1) is 0 Å². The number of fused-ring (bicyclic) bond motifs is 4. The van der Waals surface area contributed by atoms with Crippen molar-refractivity contribution in [3.63, 3.8) is 0 Å². The Hall–Kier alpha value is -0.410. The molecule has 3 fully saturated rings. The Labute approximate surface area is 109 Å². The smallest absolute Gasteiger partial charge is 0.139 e. The molecule has 102 valence electrons. The molecule has 3 heteroatoms. The minimum absolute atomic E-state index is 0.0939. The first kappa shape index (κ1) is 12.6. The third kappa shape index (κ3) is 1.47. The van der Waals surface area contributed by atoms with Gasteiger partial charge < -0.3 is 10.2 Å². The number of rotatable bonds is 0. The molecule has 0 radical (unpaired) electrons. The topological polar surface area (TPSA) is 57.5 Å². The Morgan fingerprint density at radius 3 is 2.50 bits per heavy atom. The van der Waals surface area contributed by atoms with Crippen molar-refractivity contribution in [3.8, 4) is 0 Å². The normalized spacial score (nSPS) is 54.3. The molecule has 0 heterocycles. The number of carbonyl (C=O) groups is 1. The number of ketones is 1. The molecule has 0 aromatic carbocycles. The van der Waals surface area contributed by atoms with Gasteiger partial charge in [-0.3, -0.25) is 4.79 Å². The molecule has 3 aliphatic carbocycles. The van der Waals surface area contributed by atoms with Crippen molar-refractivity contribution in [1.29, 1.82) is 0 Å². The lowest BCUT2D eigenvalue weighted by Crippen LogP contribution is -2.59. The fourth-order valence-corrected chi connectivity index (χ4v) is 5.11. The highest BCUT2D eigenvalue weighted by atomic mass is 16.3. The Bertz CT molecular complexity index is 403. The van der Waals surface area contributed by atoms with E-state index < -0.39 is 17.1 Å².